The van der Waals surface area contributed by atoms with Crippen LogP contribution in [-0.2, 0) is 24.3 Å². The van der Waals surface area contributed by atoms with Crippen molar-refractivity contribution in [2.24, 2.45) is 0 Å². The molecule has 1 atom stereocenters. The molecule has 0 unspecified atom stereocenters. The van der Waals surface area contributed by atoms with E-state index in [4.69, 9.17) is 4.74 Å². The molecule has 0 radical (unpaired) electrons. The number of ether oxygens (including phenoxy) is 1. The average Bonchev–Trinajstić information content (AvgIpc) is 2.79. The summed E-state index contributed by atoms with van der Waals surface area (Å²) in [6.07, 6.45) is 6.35. The van der Waals surface area contributed by atoms with E-state index in [1.165, 1.54) is 12.0 Å². The van der Waals surface area contributed by atoms with Crippen LogP contribution in [0.3, 0.4) is 0 Å². The van der Waals surface area contributed by atoms with Gasteiger partial charge in [0, 0.05) is 13.1 Å². The number of hydrogen-bond acceptors (Lipinski definition) is 5. The number of allylic oxidation sites excluding steroid dienone is 1. The van der Waals surface area contributed by atoms with Crippen LogP contribution < -0.4 is 10.6 Å². The molecule has 2 N–H and O–H groups in total. The molecule has 1 aliphatic carbocycles. The quantitative estimate of drug-likeness (QED) is 0.466. The van der Waals surface area contributed by atoms with Crippen LogP contribution in [0.1, 0.15) is 38.5 Å². The molecule has 2 aliphatic rings. The molecule has 32 heavy (non-hydrogen) atoms. The van der Waals surface area contributed by atoms with Crippen LogP contribution >= 0.6 is 0 Å². The topological polar surface area (TPSA) is 105 Å². The monoisotopic (exact) mass is 471 g/mol. The maximum absolute atomic E-state index is 14.1. The smallest absolute Gasteiger partial charge is 0.309 e. The zero-order chi connectivity index (χ0) is 23.1. The van der Waals surface area contributed by atoms with Gasteiger partial charge in [0.1, 0.15) is 22.8 Å². The van der Waals surface area contributed by atoms with Gasteiger partial charge in [0.2, 0.25) is 10.0 Å². The Labute approximate surface area is 186 Å². The normalized spacial score (nSPS) is 19.8. The molecular formula is C21H27F2N3O5S. The predicted molar refractivity (Wildman–Crippen MR) is 112 cm³/mol. The molecule has 11 heteroatoms. The standard InChI is InChI=1S/C21H27F2N3O5S/c22-16-7-8-17(23)18(13-16)32(29,30)26-11-4-12-31-19(26)14-25-21(28)20(27)24-10-9-15-5-2-1-3-6-15/h5,7-8,13,19H,1-4,6,9-12,14H2,(H,24,27)(H,25,28)/t19-/m1/s1. The summed E-state index contributed by atoms with van der Waals surface area (Å²) in [5.74, 6) is -3.74. The molecule has 176 valence electrons. The summed E-state index contributed by atoms with van der Waals surface area (Å²) < 4.78 is 59.7. The predicted octanol–water partition coefficient (Wildman–Crippen LogP) is 1.82. The summed E-state index contributed by atoms with van der Waals surface area (Å²) in [6.45, 7) is 0.241. The number of carbonyl (C=O) groups excluding carboxylic acids is 2. The Kier molecular flexibility index (Phi) is 8.32. The molecular weight excluding hydrogens is 444 g/mol. The van der Waals surface area contributed by atoms with Gasteiger partial charge in [-0.2, -0.15) is 4.31 Å². The summed E-state index contributed by atoms with van der Waals surface area (Å²) in [4.78, 5) is 23.3. The van der Waals surface area contributed by atoms with E-state index >= 15 is 0 Å². The van der Waals surface area contributed by atoms with Gasteiger partial charge in [0.25, 0.3) is 0 Å². The van der Waals surface area contributed by atoms with Crippen molar-refractivity contribution < 1.29 is 31.5 Å². The molecule has 8 nitrogen and oxygen atoms in total. The number of carbonyl (C=O) groups is 2. The molecule has 1 saturated heterocycles. The Hall–Kier alpha value is -2.37. The highest BCUT2D eigenvalue weighted by Gasteiger charge is 2.36. The van der Waals surface area contributed by atoms with Gasteiger partial charge in [-0.3, -0.25) is 9.59 Å². The molecule has 1 aromatic carbocycles. The van der Waals surface area contributed by atoms with E-state index < -0.39 is 44.6 Å². The molecule has 0 bridgehead atoms. The van der Waals surface area contributed by atoms with Gasteiger partial charge < -0.3 is 15.4 Å². The van der Waals surface area contributed by atoms with Crippen molar-refractivity contribution in [3.05, 3.63) is 41.5 Å². The third-order valence-corrected chi connectivity index (χ3v) is 7.30. The molecule has 0 spiro atoms. The molecule has 1 aliphatic heterocycles. The van der Waals surface area contributed by atoms with Gasteiger partial charge in [-0.25, -0.2) is 17.2 Å². The SMILES string of the molecule is O=C(NCCC1=CCCCC1)C(=O)NC[C@H]1OCCCN1S(=O)(=O)c1cc(F)ccc1F. The van der Waals surface area contributed by atoms with Gasteiger partial charge in [-0.15, -0.1) is 0 Å². The molecule has 1 aromatic rings. The number of sulfonamides is 1. The number of amides is 2. The van der Waals surface area contributed by atoms with Crippen LogP contribution in [0.15, 0.2) is 34.7 Å². The molecule has 1 fully saturated rings. The number of nitrogens with one attached hydrogen (secondary N) is 2. The van der Waals surface area contributed by atoms with E-state index in [0.717, 1.165) is 35.7 Å². The van der Waals surface area contributed by atoms with Gasteiger partial charge >= 0.3 is 11.8 Å². The van der Waals surface area contributed by atoms with Crippen LogP contribution in [-0.4, -0.2) is 57.0 Å². The van der Waals surface area contributed by atoms with Crippen molar-refractivity contribution in [1.29, 1.82) is 0 Å². The van der Waals surface area contributed by atoms with Crippen molar-refractivity contribution >= 4 is 21.8 Å². The fraction of sp³-hybridized carbons (Fsp3) is 0.524. The van der Waals surface area contributed by atoms with Crippen LogP contribution in [0.5, 0.6) is 0 Å². The molecule has 1 heterocycles. The fourth-order valence-electron chi connectivity index (χ4n) is 3.71. The van der Waals surface area contributed by atoms with Gasteiger partial charge in [0.05, 0.1) is 13.2 Å². The number of benzene rings is 1. The van der Waals surface area contributed by atoms with E-state index in [1.54, 1.807) is 0 Å². The Morgan fingerprint density at radius 2 is 1.91 bits per heavy atom. The first kappa shape index (κ1) is 24.3. The van der Waals surface area contributed by atoms with Crippen molar-refractivity contribution in [1.82, 2.24) is 14.9 Å². The van der Waals surface area contributed by atoms with Crippen molar-refractivity contribution in [3.8, 4) is 0 Å². The summed E-state index contributed by atoms with van der Waals surface area (Å²) in [7, 11) is -4.42. The zero-order valence-electron chi connectivity index (χ0n) is 17.6. The van der Waals surface area contributed by atoms with E-state index in [-0.39, 0.29) is 19.7 Å². The Morgan fingerprint density at radius 1 is 1.12 bits per heavy atom. The highest BCUT2D eigenvalue weighted by Crippen LogP contribution is 2.25. The maximum atomic E-state index is 14.1. The van der Waals surface area contributed by atoms with E-state index in [2.05, 4.69) is 16.7 Å². The van der Waals surface area contributed by atoms with E-state index in [0.29, 0.717) is 25.5 Å². The Balaban J connectivity index is 1.56. The number of nitrogens with zero attached hydrogens (tertiary/aromatic N) is 1. The highest BCUT2D eigenvalue weighted by atomic mass is 32.2. The lowest BCUT2D eigenvalue weighted by Crippen LogP contribution is -2.53. The highest BCUT2D eigenvalue weighted by molar-refractivity contribution is 7.89. The summed E-state index contributed by atoms with van der Waals surface area (Å²) in [5.41, 5.74) is 1.26. The first-order valence-corrected chi connectivity index (χ1v) is 12.1. The van der Waals surface area contributed by atoms with Crippen molar-refractivity contribution in [2.45, 2.75) is 49.6 Å². The zero-order valence-corrected chi connectivity index (χ0v) is 18.4. The summed E-state index contributed by atoms with van der Waals surface area (Å²) in [5, 5.41) is 4.90. The lowest BCUT2D eigenvalue weighted by Gasteiger charge is -2.34. The van der Waals surface area contributed by atoms with Crippen molar-refractivity contribution in [3.63, 3.8) is 0 Å². The largest absolute Gasteiger partial charge is 0.360 e. The lowest BCUT2D eigenvalue weighted by molar-refractivity contribution is -0.140. The maximum Gasteiger partial charge on any atom is 0.309 e. The van der Waals surface area contributed by atoms with Crippen LogP contribution in [0.4, 0.5) is 8.78 Å². The molecule has 2 amide bonds. The Bertz CT molecular complexity index is 984. The number of hydrogen-bond donors (Lipinski definition) is 2. The fourth-order valence-corrected chi connectivity index (χ4v) is 5.36. The third-order valence-electron chi connectivity index (χ3n) is 5.39. The Morgan fingerprint density at radius 3 is 2.66 bits per heavy atom. The number of halogens is 2. The summed E-state index contributed by atoms with van der Waals surface area (Å²) in [6, 6.07) is 2.16. The minimum atomic E-state index is -4.42. The number of rotatable bonds is 7. The van der Waals surface area contributed by atoms with Crippen molar-refractivity contribution in [2.75, 3.05) is 26.2 Å². The van der Waals surface area contributed by atoms with Gasteiger partial charge in [-0.1, -0.05) is 11.6 Å². The second-order valence-corrected chi connectivity index (χ2v) is 9.55. The second kappa shape index (κ2) is 11.0. The van der Waals surface area contributed by atoms with Crippen LogP contribution in [0.25, 0.3) is 0 Å². The average molecular weight is 472 g/mol. The second-order valence-electron chi connectivity index (χ2n) is 7.69. The minimum absolute atomic E-state index is 0.000131. The molecule has 0 aromatic heterocycles. The third kappa shape index (κ3) is 6.11. The summed E-state index contributed by atoms with van der Waals surface area (Å²) >= 11 is 0. The first-order valence-electron chi connectivity index (χ1n) is 10.6. The molecule has 0 saturated carbocycles. The van der Waals surface area contributed by atoms with E-state index in [9.17, 15) is 26.8 Å². The molecule has 3 rings (SSSR count). The van der Waals surface area contributed by atoms with Gasteiger partial charge in [0.15, 0.2) is 0 Å². The minimum Gasteiger partial charge on any atom is -0.360 e. The van der Waals surface area contributed by atoms with E-state index in [1.807, 2.05) is 0 Å². The first-order chi connectivity index (χ1) is 15.3. The van der Waals surface area contributed by atoms with Crippen LogP contribution in [0.2, 0.25) is 0 Å². The van der Waals surface area contributed by atoms with Gasteiger partial charge in [-0.05, 0) is 56.7 Å². The lowest BCUT2D eigenvalue weighted by atomic mass is 9.97. The van der Waals surface area contributed by atoms with Crippen LogP contribution in [0, 0.1) is 11.6 Å².